The number of nitrogens with two attached hydrogens (primary N) is 1. The van der Waals surface area contributed by atoms with Gasteiger partial charge in [-0.2, -0.15) is 0 Å². The van der Waals surface area contributed by atoms with Gasteiger partial charge in [0.2, 0.25) is 0 Å². The quantitative estimate of drug-likeness (QED) is 0.340. The molecule has 2 aromatic heterocycles. The number of imidazole rings is 1. The van der Waals surface area contributed by atoms with Crippen molar-refractivity contribution in [3.63, 3.8) is 0 Å². The average Bonchev–Trinajstić information content (AvgIpc) is 3.16. The predicted octanol–water partition coefficient (Wildman–Crippen LogP) is 5.93. The zero-order valence-corrected chi connectivity index (χ0v) is 18.6. The van der Waals surface area contributed by atoms with Crippen LogP contribution < -0.4 is 10.5 Å². The van der Waals surface area contributed by atoms with E-state index in [-0.39, 0.29) is 17.9 Å². The van der Waals surface area contributed by atoms with Crippen molar-refractivity contribution >= 4 is 37.9 Å². The summed E-state index contributed by atoms with van der Waals surface area (Å²) in [6.45, 7) is 4.54. The second-order valence-corrected chi connectivity index (χ2v) is 8.53. The van der Waals surface area contributed by atoms with Crippen LogP contribution in [0.1, 0.15) is 44.3 Å². The van der Waals surface area contributed by atoms with Gasteiger partial charge in [-0.25, -0.2) is 9.37 Å². The summed E-state index contributed by atoms with van der Waals surface area (Å²) in [5.41, 5.74) is 9.55. The number of benzene rings is 2. The molecule has 2 aromatic carbocycles. The lowest BCUT2D eigenvalue weighted by Crippen LogP contribution is -2.10. The standard InChI is InChI=1S/C23H24BrFN4O/c1-14(4-3-9-30-22-8-6-17(25)11-18(22)15(2)26)29-13-28-21-12-27-20-7-5-16(24)10-19(20)23(21)29/h5-8,10-15H,3-4,9,26H2,1-2H3/t14?,15-/m1/s1. The van der Waals surface area contributed by atoms with Gasteiger partial charge in [0.25, 0.3) is 0 Å². The van der Waals surface area contributed by atoms with Crippen molar-refractivity contribution in [1.82, 2.24) is 14.5 Å². The van der Waals surface area contributed by atoms with Crippen LogP contribution in [-0.2, 0) is 0 Å². The molecule has 0 fully saturated rings. The fourth-order valence-corrected chi connectivity index (χ4v) is 4.09. The summed E-state index contributed by atoms with van der Waals surface area (Å²) >= 11 is 3.56. The van der Waals surface area contributed by atoms with Crippen LogP contribution in [0.2, 0.25) is 0 Å². The first-order valence-corrected chi connectivity index (χ1v) is 10.8. The van der Waals surface area contributed by atoms with E-state index in [1.54, 1.807) is 6.07 Å². The van der Waals surface area contributed by atoms with E-state index in [0.29, 0.717) is 17.9 Å². The lowest BCUT2D eigenvalue weighted by atomic mass is 10.1. The number of pyridine rings is 1. The highest BCUT2D eigenvalue weighted by molar-refractivity contribution is 9.10. The molecule has 0 aliphatic rings. The first-order chi connectivity index (χ1) is 14.4. The monoisotopic (exact) mass is 470 g/mol. The van der Waals surface area contributed by atoms with Crippen LogP contribution in [-0.4, -0.2) is 21.1 Å². The Balaban J connectivity index is 1.47. The Kier molecular flexibility index (Phi) is 6.01. The van der Waals surface area contributed by atoms with Crippen LogP contribution >= 0.6 is 15.9 Å². The summed E-state index contributed by atoms with van der Waals surface area (Å²) < 4.78 is 22.6. The van der Waals surface area contributed by atoms with Gasteiger partial charge in [0.15, 0.2) is 0 Å². The zero-order valence-electron chi connectivity index (χ0n) is 17.0. The van der Waals surface area contributed by atoms with E-state index in [9.17, 15) is 4.39 Å². The fraction of sp³-hybridized carbons (Fsp3) is 0.304. The molecular weight excluding hydrogens is 447 g/mol. The van der Waals surface area contributed by atoms with Crippen molar-refractivity contribution < 1.29 is 9.13 Å². The number of hydrogen-bond acceptors (Lipinski definition) is 4. The molecule has 30 heavy (non-hydrogen) atoms. The fourth-order valence-electron chi connectivity index (χ4n) is 3.73. The molecule has 156 valence electrons. The van der Waals surface area contributed by atoms with Crippen molar-refractivity contribution in [3.05, 3.63) is 64.8 Å². The first-order valence-electron chi connectivity index (χ1n) is 10.0. The Morgan fingerprint density at radius 1 is 1.13 bits per heavy atom. The molecule has 0 radical (unpaired) electrons. The van der Waals surface area contributed by atoms with Gasteiger partial charge in [-0.05, 0) is 63.1 Å². The minimum Gasteiger partial charge on any atom is -0.493 e. The lowest BCUT2D eigenvalue weighted by molar-refractivity contribution is 0.291. The van der Waals surface area contributed by atoms with E-state index in [1.807, 2.05) is 31.6 Å². The van der Waals surface area contributed by atoms with E-state index in [4.69, 9.17) is 10.5 Å². The van der Waals surface area contributed by atoms with Gasteiger partial charge >= 0.3 is 0 Å². The molecule has 4 rings (SSSR count). The molecule has 0 saturated carbocycles. The van der Waals surface area contributed by atoms with Crippen LogP contribution in [0, 0.1) is 5.82 Å². The van der Waals surface area contributed by atoms with Crippen LogP contribution in [0.25, 0.3) is 21.9 Å². The second kappa shape index (κ2) is 8.70. The lowest BCUT2D eigenvalue weighted by Gasteiger charge is -2.17. The molecule has 2 atom stereocenters. The van der Waals surface area contributed by atoms with Crippen molar-refractivity contribution in [2.45, 2.75) is 38.8 Å². The van der Waals surface area contributed by atoms with Gasteiger partial charge in [0.05, 0.1) is 30.2 Å². The van der Waals surface area contributed by atoms with Crippen LogP contribution in [0.5, 0.6) is 5.75 Å². The molecule has 0 spiro atoms. The minimum absolute atomic E-state index is 0.240. The third-order valence-corrected chi connectivity index (χ3v) is 5.82. The van der Waals surface area contributed by atoms with Gasteiger partial charge in [-0.1, -0.05) is 15.9 Å². The summed E-state index contributed by atoms with van der Waals surface area (Å²) in [4.78, 5) is 9.05. The summed E-state index contributed by atoms with van der Waals surface area (Å²) in [7, 11) is 0. The highest BCUT2D eigenvalue weighted by Crippen LogP contribution is 2.29. The predicted molar refractivity (Wildman–Crippen MR) is 121 cm³/mol. The Morgan fingerprint density at radius 2 is 1.97 bits per heavy atom. The van der Waals surface area contributed by atoms with Crippen molar-refractivity contribution in [2.75, 3.05) is 6.61 Å². The summed E-state index contributed by atoms with van der Waals surface area (Å²) in [5.74, 6) is 0.345. The van der Waals surface area contributed by atoms with Crippen molar-refractivity contribution in [3.8, 4) is 5.75 Å². The molecule has 7 heteroatoms. The van der Waals surface area contributed by atoms with E-state index in [0.717, 1.165) is 39.3 Å². The second-order valence-electron chi connectivity index (χ2n) is 7.62. The van der Waals surface area contributed by atoms with E-state index >= 15 is 0 Å². The number of nitrogens with zero attached hydrogens (tertiary/aromatic N) is 3. The summed E-state index contributed by atoms with van der Waals surface area (Å²) in [5, 5.41) is 1.08. The van der Waals surface area contributed by atoms with Crippen molar-refractivity contribution in [1.29, 1.82) is 0 Å². The Hall–Kier alpha value is -2.51. The largest absolute Gasteiger partial charge is 0.493 e. The number of fused-ring (bicyclic) bond motifs is 3. The number of halogens is 2. The third kappa shape index (κ3) is 4.18. The van der Waals surface area contributed by atoms with Gasteiger partial charge in [0.1, 0.15) is 17.1 Å². The van der Waals surface area contributed by atoms with Gasteiger partial charge in [0, 0.05) is 27.5 Å². The number of rotatable bonds is 7. The number of aromatic nitrogens is 3. The Labute approximate surface area is 183 Å². The van der Waals surface area contributed by atoms with Gasteiger partial charge in [-0.3, -0.25) is 4.98 Å². The molecule has 1 unspecified atom stereocenters. The molecular formula is C23H24BrFN4O. The van der Waals surface area contributed by atoms with E-state index < -0.39 is 0 Å². The first kappa shape index (κ1) is 20.8. The van der Waals surface area contributed by atoms with Gasteiger partial charge in [-0.15, -0.1) is 0 Å². The molecule has 0 saturated heterocycles. The topological polar surface area (TPSA) is 66.0 Å². The molecule has 5 nitrogen and oxygen atoms in total. The average molecular weight is 471 g/mol. The van der Waals surface area contributed by atoms with E-state index in [1.165, 1.54) is 12.1 Å². The molecule has 0 aliphatic heterocycles. The smallest absolute Gasteiger partial charge is 0.124 e. The maximum absolute atomic E-state index is 13.5. The van der Waals surface area contributed by atoms with E-state index in [2.05, 4.69) is 43.5 Å². The maximum atomic E-state index is 13.5. The molecule has 0 amide bonds. The Bertz CT molecular complexity index is 1190. The number of ether oxygens (including phenoxy) is 1. The normalized spacial score (nSPS) is 13.6. The summed E-state index contributed by atoms with van der Waals surface area (Å²) in [6.07, 6.45) is 5.47. The molecule has 0 aliphatic carbocycles. The highest BCUT2D eigenvalue weighted by Gasteiger charge is 2.14. The van der Waals surface area contributed by atoms with Gasteiger partial charge < -0.3 is 15.0 Å². The van der Waals surface area contributed by atoms with Crippen molar-refractivity contribution in [2.24, 2.45) is 5.73 Å². The Morgan fingerprint density at radius 3 is 2.77 bits per heavy atom. The number of hydrogen-bond donors (Lipinski definition) is 1. The molecule has 2 heterocycles. The SMILES string of the molecule is CC(CCCOc1ccc(F)cc1[C@@H](C)N)n1cnc2cnc3ccc(Br)cc3c21. The highest BCUT2D eigenvalue weighted by atomic mass is 79.9. The van der Waals surface area contributed by atoms with Crippen LogP contribution in [0.3, 0.4) is 0 Å². The zero-order chi connectivity index (χ0) is 21.3. The summed E-state index contributed by atoms with van der Waals surface area (Å²) in [6, 6.07) is 10.5. The molecule has 4 aromatic rings. The molecule has 2 N–H and O–H groups in total. The van der Waals surface area contributed by atoms with Crippen LogP contribution in [0.15, 0.2) is 53.4 Å². The molecule has 0 bridgehead atoms. The van der Waals surface area contributed by atoms with Crippen LogP contribution in [0.4, 0.5) is 4.39 Å². The third-order valence-electron chi connectivity index (χ3n) is 5.32. The maximum Gasteiger partial charge on any atom is 0.124 e. The minimum atomic E-state index is -0.302.